The molecule has 1 heterocycles. The fourth-order valence-corrected chi connectivity index (χ4v) is 5.22. The molecule has 180 valence electrons. The molecule has 0 unspecified atom stereocenters. The Labute approximate surface area is 196 Å². The standard InChI is InChI=1S/C24H33N3O5S/c1-18(27(33(4,29)30)22-15-21(31-2)11-12-23(22)32-3)24(28)25-16-19-7-9-20(10-8-19)17-26-13-5-6-14-26/h7-12,15,18H,5-6,13-14,16-17H2,1-4H3,(H,25,28)/t18-/m0/s1. The summed E-state index contributed by atoms with van der Waals surface area (Å²) in [6, 6.07) is 12.0. The lowest BCUT2D eigenvalue weighted by Gasteiger charge is -2.29. The summed E-state index contributed by atoms with van der Waals surface area (Å²) in [6.07, 6.45) is 3.58. The molecule has 8 nitrogen and oxygen atoms in total. The van der Waals surface area contributed by atoms with E-state index >= 15 is 0 Å². The lowest BCUT2D eigenvalue weighted by Crippen LogP contribution is -2.47. The number of nitrogens with one attached hydrogen (secondary N) is 1. The van der Waals surface area contributed by atoms with Gasteiger partial charge in [0.05, 0.1) is 26.2 Å². The van der Waals surface area contributed by atoms with Crippen LogP contribution in [0.2, 0.25) is 0 Å². The summed E-state index contributed by atoms with van der Waals surface area (Å²) in [5.74, 6) is 0.377. The van der Waals surface area contributed by atoms with Gasteiger partial charge in [0.15, 0.2) is 0 Å². The molecule has 1 amide bonds. The summed E-state index contributed by atoms with van der Waals surface area (Å²) >= 11 is 0. The number of benzene rings is 2. The molecule has 0 radical (unpaired) electrons. The van der Waals surface area contributed by atoms with Crippen LogP contribution in [-0.4, -0.2) is 58.8 Å². The molecule has 33 heavy (non-hydrogen) atoms. The van der Waals surface area contributed by atoms with Crippen LogP contribution < -0.4 is 19.1 Å². The zero-order valence-electron chi connectivity index (χ0n) is 19.7. The van der Waals surface area contributed by atoms with E-state index < -0.39 is 22.0 Å². The van der Waals surface area contributed by atoms with Crippen LogP contribution >= 0.6 is 0 Å². The van der Waals surface area contributed by atoms with Gasteiger partial charge in [0.2, 0.25) is 15.9 Å². The summed E-state index contributed by atoms with van der Waals surface area (Å²) in [6.45, 7) is 5.08. The summed E-state index contributed by atoms with van der Waals surface area (Å²) in [5.41, 5.74) is 2.44. The first kappa shape index (κ1) is 24.9. The number of sulfonamides is 1. The third-order valence-corrected chi connectivity index (χ3v) is 7.03. The number of methoxy groups -OCH3 is 2. The number of ether oxygens (including phenoxy) is 2. The van der Waals surface area contributed by atoms with Crippen LogP contribution in [0.1, 0.15) is 30.9 Å². The largest absolute Gasteiger partial charge is 0.497 e. The number of carbonyl (C=O) groups is 1. The lowest BCUT2D eigenvalue weighted by molar-refractivity contribution is -0.122. The molecular formula is C24H33N3O5S. The normalized spacial score (nSPS) is 15.2. The maximum atomic E-state index is 12.9. The van der Waals surface area contributed by atoms with Gasteiger partial charge in [0.1, 0.15) is 17.5 Å². The second-order valence-electron chi connectivity index (χ2n) is 8.29. The highest BCUT2D eigenvalue weighted by Gasteiger charge is 2.31. The van der Waals surface area contributed by atoms with Crippen molar-refractivity contribution in [3.63, 3.8) is 0 Å². The van der Waals surface area contributed by atoms with Gasteiger partial charge in [0, 0.05) is 19.2 Å². The quantitative estimate of drug-likeness (QED) is 0.569. The van der Waals surface area contributed by atoms with E-state index in [0.717, 1.165) is 35.8 Å². The van der Waals surface area contributed by atoms with E-state index in [1.807, 2.05) is 12.1 Å². The van der Waals surface area contributed by atoms with E-state index in [2.05, 4.69) is 22.3 Å². The van der Waals surface area contributed by atoms with Gasteiger partial charge in [-0.1, -0.05) is 24.3 Å². The molecule has 0 saturated carbocycles. The highest BCUT2D eigenvalue weighted by molar-refractivity contribution is 7.92. The predicted molar refractivity (Wildman–Crippen MR) is 129 cm³/mol. The van der Waals surface area contributed by atoms with E-state index in [0.29, 0.717) is 18.0 Å². The molecule has 1 aliphatic heterocycles. The molecular weight excluding hydrogens is 442 g/mol. The molecule has 0 aromatic heterocycles. The number of anilines is 1. The third-order valence-electron chi connectivity index (χ3n) is 5.81. The molecule has 1 fully saturated rings. The molecule has 2 aromatic rings. The molecule has 1 atom stereocenters. The number of amides is 1. The molecule has 9 heteroatoms. The highest BCUT2D eigenvalue weighted by atomic mass is 32.2. The van der Waals surface area contributed by atoms with Crippen LogP contribution in [-0.2, 0) is 27.9 Å². The van der Waals surface area contributed by atoms with Gasteiger partial charge in [-0.3, -0.25) is 14.0 Å². The van der Waals surface area contributed by atoms with Gasteiger partial charge in [-0.2, -0.15) is 0 Å². The Bertz CT molecular complexity index is 1050. The van der Waals surface area contributed by atoms with Crippen LogP contribution in [0.15, 0.2) is 42.5 Å². The Hall–Kier alpha value is -2.78. The van der Waals surface area contributed by atoms with Crippen LogP contribution in [0.5, 0.6) is 11.5 Å². The first-order valence-corrected chi connectivity index (χ1v) is 12.9. The Balaban J connectivity index is 1.70. The molecule has 0 bridgehead atoms. The molecule has 0 spiro atoms. The topological polar surface area (TPSA) is 88.2 Å². The zero-order chi connectivity index (χ0) is 24.0. The summed E-state index contributed by atoms with van der Waals surface area (Å²) in [7, 11) is -0.850. The van der Waals surface area contributed by atoms with Crippen molar-refractivity contribution < 1.29 is 22.7 Å². The monoisotopic (exact) mass is 475 g/mol. The van der Waals surface area contributed by atoms with Crippen molar-refractivity contribution in [2.75, 3.05) is 37.9 Å². The minimum atomic E-state index is -3.79. The van der Waals surface area contributed by atoms with Crippen molar-refractivity contribution in [3.05, 3.63) is 53.6 Å². The van der Waals surface area contributed by atoms with Gasteiger partial charge in [0.25, 0.3) is 0 Å². The van der Waals surface area contributed by atoms with Crippen LogP contribution in [0.3, 0.4) is 0 Å². The van der Waals surface area contributed by atoms with Crippen LogP contribution in [0, 0.1) is 0 Å². The fourth-order valence-electron chi connectivity index (χ4n) is 4.05. The van der Waals surface area contributed by atoms with Crippen LogP contribution in [0.25, 0.3) is 0 Å². The fraction of sp³-hybridized carbons (Fsp3) is 0.458. The van der Waals surface area contributed by atoms with Crippen molar-refractivity contribution in [2.24, 2.45) is 0 Å². The van der Waals surface area contributed by atoms with Crippen molar-refractivity contribution in [2.45, 2.75) is 38.9 Å². The van der Waals surface area contributed by atoms with E-state index in [9.17, 15) is 13.2 Å². The lowest BCUT2D eigenvalue weighted by atomic mass is 10.1. The molecule has 3 rings (SSSR count). The first-order valence-electron chi connectivity index (χ1n) is 11.0. The number of nitrogens with zero attached hydrogens (tertiary/aromatic N) is 2. The summed E-state index contributed by atoms with van der Waals surface area (Å²) in [4.78, 5) is 15.4. The Morgan fingerprint density at radius 3 is 2.27 bits per heavy atom. The van der Waals surface area contributed by atoms with E-state index in [1.54, 1.807) is 25.1 Å². The number of rotatable bonds is 10. The Morgan fingerprint density at radius 2 is 1.70 bits per heavy atom. The Kier molecular flexibility index (Phi) is 8.20. The number of hydrogen-bond donors (Lipinski definition) is 1. The molecule has 1 aliphatic rings. The number of hydrogen-bond acceptors (Lipinski definition) is 6. The minimum absolute atomic E-state index is 0.244. The van der Waals surface area contributed by atoms with Crippen LogP contribution in [0.4, 0.5) is 5.69 Å². The maximum Gasteiger partial charge on any atom is 0.243 e. The highest BCUT2D eigenvalue weighted by Crippen LogP contribution is 2.35. The second-order valence-corrected chi connectivity index (χ2v) is 10.1. The number of carbonyl (C=O) groups excluding carboxylic acids is 1. The third kappa shape index (κ3) is 6.39. The molecule has 2 aromatic carbocycles. The average molecular weight is 476 g/mol. The van der Waals surface area contributed by atoms with E-state index in [1.165, 1.54) is 32.6 Å². The average Bonchev–Trinajstić information content (AvgIpc) is 3.30. The van der Waals surface area contributed by atoms with Crippen molar-refractivity contribution in [1.82, 2.24) is 10.2 Å². The van der Waals surface area contributed by atoms with Gasteiger partial charge in [-0.15, -0.1) is 0 Å². The molecule has 1 saturated heterocycles. The number of likely N-dealkylation sites (tertiary alicyclic amines) is 1. The SMILES string of the molecule is COc1ccc(OC)c(N([C@@H](C)C(=O)NCc2ccc(CN3CCCC3)cc2)S(C)(=O)=O)c1. The smallest absolute Gasteiger partial charge is 0.243 e. The van der Waals surface area contributed by atoms with Crippen molar-refractivity contribution in [1.29, 1.82) is 0 Å². The second kappa shape index (κ2) is 10.9. The molecule has 1 N–H and O–H groups in total. The van der Waals surface area contributed by atoms with Crippen molar-refractivity contribution >= 4 is 21.6 Å². The van der Waals surface area contributed by atoms with Gasteiger partial charge in [-0.05, 0) is 56.1 Å². The first-order chi connectivity index (χ1) is 15.7. The van der Waals surface area contributed by atoms with Gasteiger partial charge in [-0.25, -0.2) is 8.42 Å². The van der Waals surface area contributed by atoms with Crippen molar-refractivity contribution in [3.8, 4) is 11.5 Å². The molecule has 0 aliphatic carbocycles. The Morgan fingerprint density at radius 1 is 1.06 bits per heavy atom. The van der Waals surface area contributed by atoms with E-state index in [-0.39, 0.29) is 5.69 Å². The summed E-state index contributed by atoms with van der Waals surface area (Å²) < 4.78 is 36.9. The van der Waals surface area contributed by atoms with E-state index in [4.69, 9.17) is 9.47 Å². The minimum Gasteiger partial charge on any atom is -0.497 e. The van der Waals surface area contributed by atoms with Gasteiger partial charge >= 0.3 is 0 Å². The predicted octanol–water partition coefficient (Wildman–Crippen LogP) is 2.77. The maximum absolute atomic E-state index is 12.9. The van der Waals surface area contributed by atoms with Gasteiger partial charge < -0.3 is 14.8 Å². The summed E-state index contributed by atoms with van der Waals surface area (Å²) in [5, 5.41) is 2.85. The zero-order valence-corrected chi connectivity index (χ0v) is 20.5.